The van der Waals surface area contributed by atoms with Crippen molar-refractivity contribution in [1.29, 1.82) is 0 Å². The van der Waals surface area contributed by atoms with Crippen molar-refractivity contribution in [1.82, 2.24) is 20.3 Å². The lowest BCUT2D eigenvalue weighted by molar-refractivity contribution is 0.0977. The molecule has 0 saturated heterocycles. The van der Waals surface area contributed by atoms with Crippen LogP contribution >= 0.6 is 35.4 Å². The van der Waals surface area contributed by atoms with E-state index in [1.807, 2.05) is 13.0 Å². The zero-order valence-corrected chi connectivity index (χ0v) is 18.3. The third-order valence-electron chi connectivity index (χ3n) is 4.44. The predicted molar refractivity (Wildman–Crippen MR) is 124 cm³/mol. The molecule has 4 aromatic rings. The molecule has 31 heavy (non-hydrogen) atoms. The highest BCUT2D eigenvalue weighted by atomic mass is 35.5. The molecule has 2 N–H and O–H groups in total. The Morgan fingerprint density at radius 1 is 1.00 bits per heavy atom. The summed E-state index contributed by atoms with van der Waals surface area (Å²) in [5, 5.41) is 15.2. The summed E-state index contributed by atoms with van der Waals surface area (Å²) in [7, 11) is 0. The van der Waals surface area contributed by atoms with Crippen LogP contribution in [0, 0.1) is 12.7 Å². The fourth-order valence-corrected chi connectivity index (χ4v) is 3.36. The number of hydrogen-bond acceptors (Lipinski definition) is 4. The molecule has 0 bridgehead atoms. The average Bonchev–Trinajstić information content (AvgIpc) is 3.13. The lowest BCUT2D eigenvalue weighted by Crippen LogP contribution is -2.34. The van der Waals surface area contributed by atoms with Gasteiger partial charge in [0.25, 0.3) is 5.91 Å². The van der Waals surface area contributed by atoms with Crippen LogP contribution in [0.15, 0.2) is 54.6 Å². The van der Waals surface area contributed by atoms with Crippen LogP contribution in [0.2, 0.25) is 10.0 Å². The third-order valence-corrected chi connectivity index (χ3v) is 5.38. The molecular formula is C21H14Cl2FN5OS. The number of rotatable bonds is 3. The maximum atomic E-state index is 13.2. The van der Waals surface area contributed by atoms with E-state index in [1.165, 1.54) is 29.1 Å². The molecule has 0 aliphatic carbocycles. The summed E-state index contributed by atoms with van der Waals surface area (Å²) in [5.41, 5.74) is 3.75. The molecule has 0 unspecified atom stereocenters. The quantitative estimate of drug-likeness (QED) is 0.395. The van der Waals surface area contributed by atoms with E-state index < -0.39 is 5.91 Å². The normalized spacial score (nSPS) is 10.8. The van der Waals surface area contributed by atoms with E-state index in [-0.39, 0.29) is 16.0 Å². The minimum absolute atomic E-state index is 0.115. The van der Waals surface area contributed by atoms with E-state index in [9.17, 15) is 9.18 Å². The number of benzene rings is 3. The highest BCUT2D eigenvalue weighted by Crippen LogP contribution is 2.24. The van der Waals surface area contributed by atoms with Gasteiger partial charge >= 0.3 is 0 Å². The molecule has 3 aromatic carbocycles. The molecule has 1 aromatic heterocycles. The molecule has 6 nitrogen and oxygen atoms in total. The highest BCUT2D eigenvalue weighted by Gasteiger charge is 2.13. The summed E-state index contributed by atoms with van der Waals surface area (Å²) in [5.74, 6) is -0.753. The molecule has 0 atom stereocenters. The Balaban J connectivity index is 1.52. The summed E-state index contributed by atoms with van der Waals surface area (Å²) in [6, 6.07) is 14.0. The highest BCUT2D eigenvalue weighted by molar-refractivity contribution is 7.80. The number of amides is 1. The fraction of sp³-hybridized carbons (Fsp3) is 0.0476. The van der Waals surface area contributed by atoms with Gasteiger partial charge < -0.3 is 5.32 Å². The number of hydrogen-bond donors (Lipinski definition) is 2. The van der Waals surface area contributed by atoms with Crippen LogP contribution in [0.25, 0.3) is 16.7 Å². The minimum atomic E-state index is -0.419. The molecule has 0 saturated carbocycles. The number of carbonyl (C=O) groups excluding carboxylic acids is 1. The van der Waals surface area contributed by atoms with Gasteiger partial charge in [0.2, 0.25) is 0 Å². The molecule has 0 spiro atoms. The molecule has 0 fully saturated rings. The molecule has 1 amide bonds. The van der Waals surface area contributed by atoms with Crippen LogP contribution in [0.5, 0.6) is 0 Å². The molecule has 0 aliphatic heterocycles. The van der Waals surface area contributed by atoms with Crippen LogP contribution < -0.4 is 10.6 Å². The fourth-order valence-electron chi connectivity index (χ4n) is 2.86. The maximum Gasteiger partial charge on any atom is 0.257 e. The summed E-state index contributed by atoms with van der Waals surface area (Å²) in [6.07, 6.45) is 0. The van der Waals surface area contributed by atoms with Crippen LogP contribution in [-0.2, 0) is 0 Å². The van der Waals surface area contributed by atoms with Gasteiger partial charge in [-0.25, -0.2) is 4.39 Å². The summed E-state index contributed by atoms with van der Waals surface area (Å²) in [6.45, 7) is 1.88. The number of anilines is 1. The number of nitrogens with zero attached hydrogens (tertiary/aromatic N) is 3. The van der Waals surface area contributed by atoms with E-state index in [2.05, 4.69) is 20.8 Å². The Morgan fingerprint density at radius 2 is 1.68 bits per heavy atom. The molecule has 10 heteroatoms. The van der Waals surface area contributed by atoms with Crippen molar-refractivity contribution < 1.29 is 9.18 Å². The monoisotopic (exact) mass is 473 g/mol. The number of thiocarbonyl (C=S) groups is 1. The van der Waals surface area contributed by atoms with Gasteiger partial charge in [-0.2, -0.15) is 4.80 Å². The summed E-state index contributed by atoms with van der Waals surface area (Å²) < 4.78 is 13.2. The van der Waals surface area contributed by atoms with Crippen LogP contribution in [-0.4, -0.2) is 26.0 Å². The zero-order chi connectivity index (χ0) is 22.1. The average molecular weight is 474 g/mol. The van der Waals surface area contributed by atoms with Crippen molar-refractivity contribution >= 4 is 63.2 Å². The number of carbonyl (C=O) groups is 1. The maximum absolute atomic E-state index is 13.2. The number of aryl methyl sites for hydroxylation is 1. The van der Waals surface area contributed by atoms with Gasteiger partial charge in [0.05, 0.1) is 15.7 Å². The van der Waals surface area contributed by atoms with Crippen LogP contribution in [0.1, 0.15) is 15.9 Å². The predicted octanol–water partition coefficient (Wildman–Crippen LogP) is 5.30. The number of aromatic nitrogens is 3. The lowest BCUT2D eigenvalue weighted by Gasteiger charge is -2.12. The standard InChI is InChI=1S/C21H14Cl2FN5OS/c1-11-8-18-19(28-29(27-18)14-5-3-13(24)4-6-14)10-17(11)25-21(31)26-20(30)12-2-7-15(22)16(23)9-12/h2-10H,1H3,(H2,25,26,30,31). The number of fused-ring (bicyclic) bond motifs is 1. The molecular weight excluding hydrogens is 460 g/mol. The van der Waals surface area contributed by atoms with Gasteiger partial charge in [0.1, 0.15) is 16.9 Å². The molecule has 1 heterocycles. The van der Waals surface area contributed by atoms with E-state index >= 15 is 0 Å². The first-order valence-electron chi connectivity index (χ1n) is 9.01. The molecule has 0 radical (unpaired) electrons. The van der Waals surface area contributed by atoms with Gasteiger partial charge in [-0.3, -0.25) is 10.1 Å². The first-order valence-corrected chi connectivity index (χ1v) is 10.2. The number of nitrogens with one attached hydrogen (secondary N) is 2. The smallest absolute Gasteiger partial charge is 0.257 e. The number of halogens is 3. The molecule has 0 aliphatic rings. The van der Waals surface area contributed by atoms with E-state index in [0.29, 0.717) is 33.0 Å². The van der Waals surface area contributed by atoms with Crippen LogP contribution in [0.3, 0.4) is 0 Å². The van der Waals surface area contributed by atoms with Crippen LogP contribution in [0.4, 0.5) is 10.1 Å². The Morgan fingerprint density at radius 3 is 2.35 bits per heavy atom. The second-order valence-electron chi connectivity index (χ2n) is 6.66. The van der Waals surface area contributed by atoms with E-state index in [4.69, 9.17) is 35.4 Å². The van der Waals surface area contributed by atoms with Crippen molar-refractivity contribution in [3.05, 3.63) is 81.6 Å². The summed E-state index contributed by atoms with van der Waals surface area (Å²) >= 11 is 17.1. The molecule has 156 valence electrons. The zero-order valence-electron chi connectivity index (χ0n) is 16.0. The second kappa shape index (κ2) is 8.58. The van der Waals surface area contributed by atoms with Gasteiger partial charge in [0, 0.05) is 11.3 Å². The Hall–Kier alpha value is -3.07. The second-order valence-corrected chi connectivity index (χ2v) is 7.88. The third kappa shape index (κ3) is 4.66. The van der Waals surface area contributed by atoms with E-state index in [0.717, 1.165) is 5.56 Å². The van der Waals surface area contributed by atoms with Crippen molar-refractivity contribution in [2.24, 2.45) is 0 Å². The van der Waals surface area contributed by atoms with Crippen molar-refractivity contribution in [2.75, 3.05) is 5.32 Å². The van der Waals surface area contributed by atoms with E-state index in [1.54, 1.807) is 24.3 Å². The van der Waals surface area contributed by atoms with Gasteiger partial charge in [-0.1, -0.05) is 23.2 Å². The van der Waals surface area contributed by atoms with Gasteiger partial charge in [-0.05, 0) is 79.3 Å². The van der Waals surface area contributed by atoms with Crippen molar-refractivity contribution in [3.63, 3.8) is 0 Å². The van der Waals surface area contributed by atoms with Crippen molar-refractivity contribution in [3.8, 4) is 5.69 Å². The topological polar surface area (TPSA) is 71.8 Å². The molecule has 4 rings (SSSR count). The minimum Gasteiger partial charge on any atom is -0.332 e. The Labute approximate surface area is 192 Å². The Bertz CT molecular complexity index is 1320. The lowest BCUT2D eigenvalue weighted by atomic mass is 10.2. The first-order chi connectivity index (χ1) is 14.8. The SMILES string of the molecule is Cc1cc2nn(-c3ccc(F)cc3)nc2cc1NC(=S)NC(=O)c1ccc(Cl)c(Cl)c1. The first kappa shape index (κ1) is 21.2. The summed E-state index contributed by atoms with van der Waals surface area (Å²) in [4.78, 5) is 13.8. The largest absolute Gasteiger partial charge is 0.332 e. The van der Waals surface area contributed by atoms with Gasteiger partial charge in [0.15, 0.2) is 5.11 Å². The Kier molecular flexibility index (Phi) is 5.86. The van der Waals surface area contributed by atoms with Crippen molar-refractivity contribution in [2.45, 2.75) is 6.92 Å². The van der Waals surface area contributed by atoms with Gasteiger partial charge in [-0.15, -0.1) is 10.2 Å².